The topological polar surface area (TPSA) is 52.4 Å². The molecule has 0 aromatic heterocycles. The van der Waals surface area contributed by atoms with Gasteiger partial charge in [0.15, 0.2) is 5.75 Å². The van der Waals surface area contributed by atoms with E-state index in [1.165, 1.54) is 0 Å². The van der Waals surface area contributed by atoms with Crippen molar-refractivity contribution in [3.63, 3.8) is 0 Å². The molecule has 0 atom stereocenters. The molecule has 0 bridgehead atoms. The van der Waals surface area contributed by atoms with Crippen LogP contribution < -0.4 is 4.74 Å². The van der Waals surface area contributed by atoms with Gasteiger partial charge >= 0.3 is 5.69 Å². The molecular weight excluding hydrogens is 281 g/mol. The van der Waals surface area contributed by atoms with Gasteiger partial charge in [-0.15, -0.1) is 0 Å². The molecule has 0 fully saturated rings. The zero-order valence-electron chi connectivity index (χ0n) is 8.49. The third-order valence-corrected chi connectivity index (χ3v) is 2.46. The van der Waals surface area contributed by atoms with Crippen LogP contribution in [-0.4, -0.2) is 16.9 Å². The molecule has 0 unspecified atom stereocenters. The van der Waals surface area contributed by atoms with Gasteiger partial charge in [-0.1, -0.05) is 15.9 Å². The predicted octanol–water partition coefficient (Wildman–Crippen LogP) is 3.29. The molecule has 0 heterocycles. The Hall–Kier alpha value is -1.17. The molecule has 6 heteroatoms. The average molecular weight is 292 g/mol. The standard InChI is InChI=1S/C10H11BrFNO3/c11-5-1-2-6-16-10-7-8(12)3-4-9(10)13(14)15/h3-4,7H,1-2,5-6H2. The number of hydrogen-bond acceptors (Lipinski definition) is 3. The maximum Gasteiger partial charge on any atom is 0.311 e. The highest BCUT2D eigenvalue weighted by atomic mass is 79.9. The van der Waals surface area contributed by atoms with Crippen molar-refractivity contribution in [2.75, 3.05) is 11.9 Å². The third-order valence-electron chi connectivity index (χ3n) is 1.90. The summed E-state index contributed by atoms with van der Waals surface area (Å²) in [4.78, 5) is 10.0. The van der Waals surface area contributed by atoms with Crippen LogP contribution in [0.25, 0.3) is 0 Å². The summed E-state index contributed by atoms with van der Waals surface area (Å²) in [6.07, 6.45) is 1.67. The second kappa shape index (κ2) is 6.42. The number of ether oxygens (including phenoxy) is 1. The molecule has 1 aromatic carbocycles. The largest absolute Gasteiger partial charge is 0.487 e. The minimum atomic E-state index is -0.584. The van der Waals surface area contributed by atoms with E-state index in [1.807, 2.05) is 0 Å². The summed E-state index contributed by atoms with van der Waals surface area (Å²) >= 11 is 3.26. The monoisotopic (exact) mass is 291 g/mol. The molecule has 0 amide bonds. The fourth-order valence-electron chi connectivity index (χ4n) is 1.13. The second-order valence-electron chi connectivity index (χ2n) is 3.11. The number of benzene rings is 1. The van der Waals surface area contributed by atoms with E-state index in [0.29, 0.717) is 6.61 Å². The maximum absolute atomic E-state index is 12.9. The molecule has 0 spiro atoms. The molecule has 88 valence electrons. The fourth-order valence-corrected chi connectivity index (χ4v) is 1.53. The van der Waals surface area contributed by atoms with Crippen molar-refractivity contribution >= 4 is 21.6 Å². The fraction of sp³-hybridized carbons (Fsp3) is 0.400. The van der Waals surface area contributed by atoms with Gasteiger partial charge in [0.2, 0.25) is 0 Å². The van der Waals surface area contributed by atoms with Gasteiger partial charge in [0.1, 0.15) is 5.82 Å². The van der Waals surface area contributed by atoms with Gasteiger partial charge in [0.05, 0.1) is 11.5 Å². The van der Waals surface area contributed by atoms with E-state index in [-0.39, 0.29) is 11.4 Å². The van der Waals surface area contributed by atoms with Gasteiger partial charge in [0.25, 0.3) is 0 Å². The zero-order chi connectivity index (χ0) is 12.0. The Kier molecular flexibility index (Phi) is 5.18. The van der Waals surface area contributed by atoms with Gasteiger partial charge in [-0.3, -0.25) is 10.1 Å². The number of unbranched alkanes of at least 4 members (excludes halogenated alkanes) is 1. The van der Waals surface area contributed by atoms with E-state index in [4.69, 9.17) is 4.74 Å². The predicted molar refractivity (Wildman–Crippen MR) is 61.6 cm³/mol. The summed E-state index contributed by atoms with van der Waals surface area (Å²) < 4.78 is 18.1. The summed E-state index contributed by atoms with van der Waals surface area (Å²) in [5.41, 5.74) is -0.208. The summed E-state index contributed by atoms with van der Waals surface area (Å²) in [7, 11) is 0. The average Bonchev–Trinajstić information content (AvgIpc) is 2.24. The first-order valence-corrected chi connectivity index (χ1v) is 5.90. The van der Waals surface area contributed by atoms with Crippen LogP contribution in [0.3, 0.4) is 0 Å². The Morgan fingerprint density at radius 1 is 1.44 bits per heavy atom. The van der Waals surface area contributed by atoms with Gasteiger partial charge in [-0.2, -0.15) is 0 Å². The summed E-state index contributed by atoms with van der Waals surface area (Å²) in [6, 6.07) is 3.19. The SMILES string of the molecule is O=[N+]([O-])c1ccc(F)cc1OCCCCBr. The number of halogens is 2. The van der Waals surface area contributed by atoms with Gasteiger partial charge in [-0.05, 0) is 18.9 Å². The lowest BCUT2D eigenvalue weighted by Gasteiger charge is -2.05. The minimum absolute atomic E-state index is 0.0143. The summed E-state index contributed by atoms with van der Waals surface area (Å²) in [5.74, 6) is -0.555. The Morgan fingerprint density at radius 3 is 2.81 bits per heavy atom. The normalized spacial score (nSPS) is 10.1. The Bertz CT molecular complexity index is 373. The van der Waals surface area contributed by atoms with Crippen LogP contribution in [0, 0.1) is 15.9 Å². The molecule has 0 aliphatic rings. The number of nitro benzene ring substituents is 1. The maximum atomic E-state index is 12.9. The first-order chi connectivity index (χ1) is 7.65. The molecule has 0 saturated heterocycles. The Morgan fingerprint density at radius 2 is 2.19 bits per heavy atom. The molecule has 0 aliphatic heterocycles. The van der Waals surface area contributed by atoms with Gasteiger partial charge in [0, 0.05) is 17.5 Å². The molecule has 16 heavy (non-hydrogen) atoms. The van der Waals surface area contributed by atoms with Crippen molar-refractivity contribution in [1.29, 1.82) is 0 Å². The van der Waals surface area contributed by atoms with Crippen molar-refractivity contribution in [3.8, 4) is 5.75 Å². The molecule has 0 N–H and O–H groups in total. The van der Waals surface area contributed by atoms with E-state index in [9.17, 15) is 14.5 Å². The second-order valence-corrected chi connectivity index (χ2v) is 3.91. The number of nitro groups is 1. The van der Waals surface area contributed by atoms with E-state index in [1.54, 1.807) is 0 Å². The van der Waals surface area contributed by atoms with Gasteiger partial charge < -0.3 is 4.74 Å². The number of rotatable bonds is 6. The van der Waals surface area contributed by atoms with Crippen molar-refractivity contribution in [2.45, 2.75) is 12.8 Å². The number of hydrogen-bond donors (Lipinski definition) is 0. The molecule has 0 saturated carbocycles. The van der Waals surface area contributed by atoms with Crippen molar-refractivity contribution in [1.82, 2.24) is 0 Å². The smallest absolute Gasteiger partial charge is 0.311 e. The lowest BCUT2D eigenvalue weighted by atomic mass is 10.3. The lowest BCUT2D eigenvalue weighted by Crippen LogP contribution is -2.01. The highest BCUT2D eigenvalue weighted by Gasteiger charge is 2.15. The van der Waals surface area contributed by atoms with Crippen LogP contribution >= 0.6 is 15.9 Å². The van der Waals surface area contributed by atoms with E-state index in [0.717, 1.165) is 36.4 Å². The van der Waals surface area contributed by atoms with Crippen LogP contribution in [0.5, 0.6) is 5.75 Å². The lowest BCUT2D eigenvalue weighted by molar-refractivity contribution is -0.385. The highest BCUT2D eigenvalue weighted by Crippen LogP contribution is 2.27. The number of nitrogens with zero attached hydrogens (tertiary/aromatic N) is 1. The summed E-state index contributed by atoms with van der Waals surface area (Å²) in [6.45, 7) is 0.343. The van der Waals surface area contributed by atoms with Crippen LogP contribution in [0.2, 0.25) is 0 Å². The molecule has 0 aliphatic carbocycles. The summed E-state index contributed by atoms with van der Waals surface area (Å²) in [5, 5.41) is 11.5. The van der Waals surface area contributed by atoms with Gasteiger partial charge in [-0.25, -0.2) is 4.39 Å². The quantitative estimate of drug-likeness (QED) is 0.350. The van der Waals surface area contributed by atoms with Crippen molar-refractivity contribution in [2.24, 2.45) is 0 Å². The van der Waals surface area contributed by atoms with Crippen LogP contribution in [0.1, 0.15) is 12.8 Å². The molecule has 1 aromatic rings. The van der Waals surface area contributed by atoms with Crippen LogP contribution in [0.4, 0.5) is 10.1 Å². The molecular formula is C10H11BrFNO3. The number of alkyl halides is 1. The van der Waals surface area contributed by atoms with Crippen LogP contribution in [0.15, 0.2) is 18.2 Å². The van der Waals surface area contributed by atoms with E-state index in [2.05, 4.69) is 15.9 Å². The van der Waals surface area contributed by atoms with Crippen molar-refractivity contribution in [3.05, 3.63) is 34.1 Å². The molecule has 0 radical (unpaired) electrons. The highest BCUT2D eigenvalue weighted by molar-refractivity contribution is 9.09. The Balaban J connectivity index is 2.68. The molecule has 1 rings (SSSR count). The van der Waals surface area contributed by atoms with Crippen LogP contribution in [-0.2, 0) is 0 Å². The first-order valence-electron chi connectivity index (χ1n) is 4.78. The van der Waals surface area contributed by atoms with E-state index < -0.39 is 10.7 Å². The first kappa shape index (κ1) is 12.9. The minimum Gasteiger partial charge on any atom is -0.487 e. The van der Waals surface area contributed by atoms with E-state index >= 15 is 0 Å². The third kappa shape index (κ3) is 3.77. The van der Waals surface area contributed by atoms with Crippen molar-refractivity contribution < 1.29 is 14.1 Å². The Labute approximate surface area is 101 Å². The molecule has 4 nitrogen and oxygen atoms in total. The zero-order valence-corrected chi connectivity index (χ0v) is 10.1.